The van der Waals surface area contributed by atoms with Gasteiger partial charge in [-0.15, -0.1) is 0 Å². The fourth-order valence-corrected chi connectivity index (χ4v) is 2.76. The number of aromatic nitrogens is 4. The second kappa shape index (κ2) is 12.9. The number of carbonyl (C=O) groups is 2. The minimum Gasteiger partial charge on any atom is -0.542 e. The van der Waals surface area contributed by atoms with Gasteiger partial charge in [0.15, 0.2) is 18.9 Å². The van der Waals surface area contributed by atoms with Crippen molar-refractivity contribution in [2.24, 2.45) is 0 Å². The lowest BCUT2D eigenvalue weighted by atomic mass is 10.1. The molecule has 1 aromatic carbocycles. The van der Waals surface area contributed by atoms with Crippen LogP contribution in [0.2, 0.25) is 0 Å². The highest BCUT2D eigenvalue weighted by molar-refractivity contribution is 5.71. The van der Waals surface area contributed by atoms with Gasteiger partial charge < -0.3 is 24.3 Å². The number of hydrogen-bond acceptors (Lipinski definition) is 6. The first-order valence-corrected chi connectivity index (χ1v) is 10.5. The van der Waals surface area contributed by atoms with Gasteiger partial charge in [0.05, 0.1) is 26.8 Å². The van der Waals surface area contributed by atoms with Crippen molar-refractivity contribution in [2.45, 2.75) is 25.4 Å². The molecule has 17 heteroatoms. The third-order valence-corrected chi connectivity index (χ3v) is 4.32. The third-order valence-electron chi connectivity index (χ3n) is 4.32. The maximum atomic E-state index is 11.6. The number of nitrogens with one attached hydrogen (secondary N) is 2. The Morgan fingerprint density at radius 2 is 1.15 bits per heavy atom. The summed E-state index contributed by atoms with van der Waals surface area (Å²) in [5.74, 6) is -6.01. The zero-order valence-corrected chi connectivity index (χ0v) is 20.6. The number of nitrogens with zero attached hydrogens (tertiary/aromatic N) is 3. The van der Waals surface area contributed by atoms with E-state index in [2.05, 4.69) is 55.6 Å². The number of quaternary nitrogens is 1. The van der Waals surface area contributed by atoms with Crippen LogP contribution in [-0.2, 0) is 22.7 Å². The molecule has 0 radical (unpaired) electrons. The molecule has 0 aliphatic rings. The quantitative estimate of drug-likeness (QED) is 0.229. The van der Waals surface area contributed by atoms with Crippen molar-refractivity contribution in [1.82, 2.24) is 14.8 Å². The summed E-state index contributed by atoms with van der Waals surface area (Å²) in [5.41, 5.74) is 2.08. The van der Waals surface area contributed by atoms with E-state index in [9.17, 15) is 35.9 Å². The van der Waals surface area contributed by atoms with Crippen LogP contribution in [0, 0.1) is 0 Å². The van der Waals surface area contributed by atoms with Gasteiger partial charge in [0, 0.05) is 23.3 Å². The maximum absolute atomic E-state index is 11.6. The van der Waals surface area contributed by atoms with Crippen molar-refractivity contribution < 1.29 is 55.2 Å². The highest BCUT2D eigenvalue weighted by Gasteiger charge is 2.29. The van der Waals surface area contributed by atoms with Gasteiger partial charge in [-0.1, -0.05) is 24.3 Å². The van der Waals surface area contributed by atoms with E-state index in [1.165, 1.54) is 11.1 Å². The van der Waals surface area contributed by atoms with Gasteiger partial charge in [-0.3, -0.25) is 0 Å². The molecule has 0 atom stereocenters. The summed E-state index contributed by atoms with van der Waals surface area (Å²) in [4.78, 5) is 40.8. The molecule has 2 N–H and O–H groups in total. The van der Waals surface area contributed by atoms with E-state index in [0.29, 0.717) is 5.69 Å². The van der Waals surface area contributed by atoms with E-state index in [1.54, 1.807) is 12.1 Å². The molecule has 39 heavy (non-hydrogen) atoms. The number of carbonyl (C=O) groups excluding carboxylic acids is 2. The molecule has 3 rings (SSSR count). The topological polar surface area (TPSA) is 155 Å². The van der Waals surface area contributed by atoms with Crippen molar-refractivity contribution in [2.75, 3.05) is 21.1 Å². The lowest BCUT2D eigenvalue weighted by molar-refractivity contribution is -0.884. The molecule has 0 amide bonds. The zero-order valence-electron chi connectivity index (χ0n) is 20.6. The molecule has 0 unspecified atom stereocenters. The molecule has 0 saturated carbocycles. The molecule has 0 saturated heterocycles. The van der Waals surface area contributed by atoms with Crippen LogP contribution in [0.5, 0.6) is 0 Å². The van der Waals surface area contributed by atoms with E-state index in [4.69, 9.17) is 19.8 Å². The fraction of sp³-hybridized carbons (Fsp3) is 0.318. The van der Waals surface area contributed by atoms with Gasteiger partial charge in [0.1, 0.15) is 18.5 Å². The van der Waals surface area contributed by atoms with Crippen LogP contribution >= 0.6 is 0 Å². The Hall–Kier alpha value is -4.41. The van der Waals surface area contributed by atoms with Gasteiger partial charge in [0.25, 0.3) is 0 Å². The smallest absolute Gasteiger partial charge is 0.430 e. The largest absolute Gasteiger partial charge is 0.542 e. The number of rotatable bonds is 5. The van der Waals surface area contributed by atoms with E-state index in [1.807, 2.05) is 17.0 Å². The SMILES string of the molecule is C[N+](C)(C)Cc1ccc(C[n+]2ccc(-n3c(=O)[nH][nH]c3=O)cc2)cc1.O=C([O-])C(F)(F)F.O=C([O-])C(F)(F)F. The van der Waals surface area contributed by atoms with Crippen LogP contribution in [-0.4, -0.2) is 64.7 Å². The second-order valence-corrected chi connectivity index (χ2v) is 8.76. The highest BCUT2D eigenvalue weighted by atomic mass is 19.4. The lowest BCUT2D eigenvalue weighted by Crippen LogP contribution is -2.37. The Morgan fingerprint density at radius 3 is 1.49 bits per heavy atom. The van der Waals surface area contributed by atoms with Gasteiger partial charge in [0.2, 0.25) is 0 Å². The number of benzene rings is 1. The molecular formula is C22H23F6N5O6. The molecule has 0 aliphatic heterocycles. The third kappa shape index (κ3) is 11.7. The Morgan fingerprint density at radius 1 is 0.795 bits per heavy atom. The minimum atomic E-state index is -5.19. The van der Waals surface area contributed by atoms with Crippen LogP contribution in [0.1, 0.15) is 11.1 Å². The highest BCUT2D eigenvalue weighted by Crippen LogP contribution is 2.12. The first-order chi connectivity index (χ1) is 17.7. The molecule has 0 fully saturated rings. The average Bonchev–Trinajstić information content (AvgIpc) is 3.12. The predicted octanol–water partition coefficient (Wildman–Crippen LogP) is -1.01. The van der Waals surface area contributed by atoms with Gasteiger partial charge in [-0.05, 0) is 0 Å². The predicted molar refractivity (Wildman–Crippen MR) is 117 cm³/mol. The van der Waals surface area contributed by atoms with Gasteiger partial charge in [-0.2, -0.15) is 26.3 Å². The summed E-state index contributed by atoms with van der Waals surface area (Å²) in [6.07, 6.45) is -6.68. The van der Waals surface area contributed by atoms with E-state index >= 15 is 0 Å². The van der Waals surface area contributed by atoms with E-state index in [0.717, 1.165) is 22.1 Å². The van der Waals surface area contributed by atoms with Crippen molar-refractivity contribution in [1.29, 1.82) is 0 Å². The fourth-order valence-electron chi connectivity index (χ4n) is 2.76. The van der Waals surface area contributed by atoms with Crippen molar-refractivity contribution in [3.05, 3.63) is 80.9 Å². The summed E-state index contributed by atoms with van der Waals surface area (Å²) in [5, 5.41) is 22.1. The number of carboxylic acid groups (broad SMARTS) is 2. The zero-order chi connectivity index (χ0) is 30.2. The molecule has 0 aliphatic carbocycles. The molecule has 2 heterocycles. The maximum Gasteiger partial charge on any atom is 0.430 e. The molecule has 2 aromatic heterocycles. The summed E-state index contributed by atoms with van der Waals surface area (Å²) >= 11 is 0. The summed E-state index contributed by atoms with van der Waals surface area (Å²) in [7, 11) is 6.52. The van der Waals surface area contributed by atoms with Crippen molar-refractivity contribution in [3.8, 4) is 5.69 Å². The van der Waals surface area contributed by atoms with E-state index in [-0.39, 0.29) is 0 Å². The van der Waals surface area contributed by atoms with Crippen molar-refractivity contribution in [3.63, 3.8) is 0 Å². The Kier molecular flexibility index (Phi) is 10.8. The number of alkyl halides is 6. The lowest BCUT2D eigenvalue weighted by Gasteiger charge is -2.23. The Labute approximate surface area is 215 Å². The number of pyridine rings is 1. The first kappa shape index (κ1) is 32.6. The molecule has 11 nitrogen and oxygen atoms in total. The number of hydrogen-bond donors (Lipinski definition) is 2. The summed E-state index contributed by atoms with van der Waals surface area (Å²) in [6, 6.07) is 12.1. The van der Waals surface area contributed by atoms with Crippen LogP contribution in [0.4, 0.5) is 26.3 Å². The van der Waals surface area contributed by atoms with Crippen LogP contribution in [0.3, 0.4) is 0 Å². The summed E-state index contributed by atoms with van der Waals surface area (Å²) in [6.45, 7) is 1.71. The standard InChI is InChI=1S/C18H21N5O2.2C2HF3O2/c1-23(2,3)13-15-6-4-14(5-7-15)12-21-10-8-16(9-11-21)22-17(24)19-20-18(22)25;2*3-2(4,5)1(6)7/h4-11H,12-13H2,1-3H3;2*(H,6,7). The number of halogens is 6. The molecule has 214 valence electrons. The first-order valence-electron chi connectivity index (χ1n) is 10.5. The average molecular weight is 567 g/mol. The summed E-state index contributed by atoms with van der Waals surface area (Å²) < 4.78 is 67.1. The Bertz CT molecular complexity index is 1300. The molecule has 3 aromatic rings. The molecular weight excluding hydrogens is 544 g/mol. The number of H-pyrrole nitrogens is 2. The number of aromatic amines is 2. The van der Waals surface area contributed by atoms with Crippen LogP contribution < -0.4 is 26.2 Å². The Balaban J connectivity index is 0.000000449. The van der Waals surface area contributed by atoms with Gasteiger partial charge >= 0.3 is 23.7 Å². The minimum absolute atomic E-state index is 0.476. The van der Waals surface area contributed by atoms with Gasteiger partial charge in [-0.25, -0.2) is 28.9 Å². The van der Waals surface area contributed by atoms with Crippen LogP contribution in [0.25, 0.3) is 5.69 Å². The van der Waals surface area contributed by atoms with Crippen molar-refractivity contribution >= 4 is 11.9 Å². The van der Waals surface area contributed by atoms with Crippen LogP contribution in [0.15, 0.2) is 58.4 Å². The molecule has 0 bridgehead atoms. The second-order valence-electron chi connectivity index (χ2n) is 8.76. The number of carboxylic acids is 2. The van der Waals surface area contributed by atoms with E-state index < -0.39 is 35.7 Å². The molecule has 0 spiro atoms. The normalized spacial score (nSPS) is 11.5. The number of aliphatic carboxylic acids is 2. The monoisotopic (exact) mass is 567 g/mol.